The molecule has 2 atom stereocenters. The summed E-state index contributed by atoms with van der Waals surface area (Å²) in [5, 5.41) is 9.80. The van der Waals surface area contributed by atoms with E-state index in [4.69, 9.17) is 9.47 Å². The number of aliphatic hydroxyl groups excluding tert-OH is 1. The second-order valence-electron chi connectivity index (χ2n) is 7.48. The van der Waals surface area contributed by atoms with E-state index in [0.717, 1.165) is 25.7 Å². The number of carbonyl (C=O) groups is 1. The Morgan fingerprint density at radius 2 is 1.83 bits per heavy atom. The summed E-state index contributed by atoms with van der Waals surface area (Å²) in [6, 6.07) is 0. The van der Waals surface area contributed by atoms with Crippen molar-refractivity contribution in [3.63, 3.8) is 0 Å². The first-order valence-corrected chi connectivity index (χ1v) is 8.49. The molecule has 4 nitrogen and oxygen atoms in total. The first-order valence-electron chi connectivity index (χ1n) is 8.49. The number of carbonyl (C=O) groups excluding carboxylic acids is 1. The number of esters is 1. The van der Waals surface area contributed by atoms with Gasteiger partial charge in [-0.3, -0.25) is 0 Å². The summed E-state index contributed by atoms with van der Waals surface area (Å²) >= 11 is 0. The van der Waals surface area contributed by atoms with E-state index in [1.807, 2.05) is 20.8 Å². The first kappa shape index (κ1) is 19.9. The Balaban J connectivity index is 2.82. The Kier molecular flexibility index (Phi) is 7.49. The fourth-order valence-electron chi connectivity index (χ4n) is 2.96. The van der Waals surface area contributed by atoms with Gasteiger partial charge in [0.15, 0.2) is 5.60 Å². The van der Waals surface area contributed by atoms with Crippen molar-refractivity contribution in [3.05, 3.63) is 25.3 Å². The first-order chi connectivity index (χ1) is 10.7. The summed E-state index contributed by atoms with van der Waals surface area (Å²) in [4.78, 5) is 12.7. The van der Waals surface area contributed by atoms with Gasteiger partial charge in [-0.2, -0.15) is 0 Å². The molecular weight excluding hydrogens is 292 g/mol. The lowest BCUT2D eigenvalue weighted by atomic mass is 9.87. The van der Waals surface area contributed by atoms with Crippen molar-refractivity contribution in [1.82, 2.24) is 0 Å². The number of rotatable bonds is 8. The Bertz CT molecular complexity index is 398. The minimum atomic E-state index is -1.07. The minimum absolute atomic E-state index is 0.257. The Morgan fingerprint density at radius 3 is 2.30 bits per heavy atom. The van der Waals surface area contributed by atoms with Crippen LogP contribution in [0.3, 0.4) is 0 Å². The van der Waals surface area contributed by atoms with Gasteiger partial charge in [-0.15, -0.1) is 13.2 Å². The number of ether oxygens (including phenoxy) is 2. The van der Waals surface area contributed by atoms with Crippen LogP contribution < -0.4 is 0 Å². The standard InChI is InChI=1S/C19H32O4/c1-6-11-19(12-7-2,17(21)23-18(3,4)5)22-14-15-9-8-10-16(20)13-15/h6-7,15-16,20H,1-2,8-14H2,3-5H3. The number of hydrogen-bond donors (Lipinski definition) is 1. The van der Waals surface area contributed by atoms with Crippen LogP contribution in [0.15, 0.2) is 25.3 Å². The lowest BCUT2D eigenvalue weighted by molar-refractivity contribution is -0.186. The van der Waals surface area contributed by atoms with Crippen molar-refractivity contribution in [2.75, 3.05) is 6.61 Å². The third-order valence-corrected chi connectivity index (χ3v) is 4.07. The molecule has 0 aromatic rings. The monoisotopic (exact) mass is 324 g/mol. The van der Waals surface area contributed by atoms with E-state index in [1.54, 1.807) is 12.2 Å². The summed E-state index contributed by atoms with van der Waals surface area (Å²) in [6.45, 7) is 13.5. The van der Waals surface area contributed by atoms with Crippen LogP contribution in [0.5, 0.6) is 0 Å². The molecule has 0 radical (unpaired) electrons. The predicted molar refractivity (Wildman–Crippen MR) is 92.1 cm³/mol. The zero-order valence-corrected chi connectivity index (χ0v) is 14.8. The second-order valence-corrected chi connectivity index (χ2v) is 7.48. The molecule has 0 aromatic carbocycles. The van der Waals surface area contributed by atoms with Crippen LogP contribution in [-0.2, 0) is 14.3 Å². The van der Waals surface area contributed by atoms with Crippen LogP contribution in [0.2, 0.25) is 0 Å². The summed E-state index contributed by atoms with van der Waals surface area (Å²) in [5.74, 6) is -0.101. The van der Waals surface area contributed by atoms with Crippen LogP contribution in [0.1, 0.15) is 59.3 Å². The van der Waals surface area contributed by atoms with Crippen LogP contribution in [0.4, 0.5) is 0 Å². The Hall–Kier alpha value is -1.13. The molecule has 1 rings (SSSR count). The van der Waals surface area contributed by atoms with Crippen LogP contribution in [-0.4, -0.2) is 35.0 Å². The van der Waals surface area contributed by atoms with Gasteiger partial charge < -0.3 is 14.6 Å². The third-order valence-electron chi connectivity index (χ3n) is 4.07. The highest BCUT2D eigenvalue weighted by molar-refractivity contribution is 5.80. The molecular formula is C19H32O4. The molecule has 4 heteroatoms. The third kappa shape index (κ3) is 6.48. The van der Waals surface area contributed by atoms with E-state index >= 15 is 0 Å². The highest BCUT2D eigenvalue weighted by atomic mass is 16.6. The molecule has 0 aliphatic heterocycles. The van der Waals surface area contributed by atoms with Crippen molar-refractivity contribution >= 4 is 5.97 Å². The van der Waals surface area contributed by atoms with Gasteiger partial charge in [-0.05, 0) is 46.0 Å². The lowest BCUT2D eigenvalue weighted by Gasteiger charge is -2.35. The van der Waals surface area contributed by atoms with E-state index in [-0.39, 0.29) is 18.0 Å². The maximum Gasteiger partial charge on any atom is 0.339 e. The zero-order valence-electron chi connectivity index (χ0n) is 14.8. The summed E-state index contributed by atoms with van der Waals surface area (Å²) in [7, 11) is 0. The smallest absolute Gasteiger partial charge is 0.339 e. The van der Waals surface area contributed by atoms with Gasteiger partial charge in [0.2, 0.25) is 0 Å². The molecule has 0 amide bonds. The Morgan fingerprint density at radius 1 is 1.22 bits per heavy atom. The molecule has 0 heterocycles. The summed E-state index contributed by atoms with van der Waals surface area (Å²) < 4.78 is 11.6. The van der Waals surface area contributed by atoms with E-state index in [0.29, 0.717) is 19.4 Å². The largest absolute Gasteiger partial charge is 0.458 e. The van der Waals surface area contributed by atoms with Crippen molar-refractivity contribution in [2.45, 2.75) is 76.6 Å². The van der Waals surface area contributed by atoms with E-state index < -0.39 is 11.2 Å². The maximum atomic E-state index is 12.7. The molecule has 1 saturated carbocycles. The number of hydrogen-bond acceptors (Lipinski definition) is 4. The van der Waals surface area contributed by atoms with Gasteiger partial charge in [-0.1, -0.05) is 18.6 Å². The molecule has 1 aliphatic rings. The van der Waals surface area contributed by atoms with Gasteiger partial charge >= 0.3 is 5.97 Å². The van der Waals surface area contributed by atoms with E-state index in [9.17, 15) is 9.90 Å². The van der Waals surface area contributed by atoms with Crippen molar-refractivity contribution in [3.8, 4) is 0 Å². The van der Waals surface area contributed by atoms with E-state index in [1.165, 1.54) is 0 Å². The molecule has 2 unspecified atom stereocenters. The fraction of sp³-hybridized carbons (Fsp3) is 0.737. The fourth-order valence-corrected chi connectivity index (χ4v) is 2.96. The molecule has 0 bridgehead atoms. The highest BCUT2D eigenvalue weighted by Crippen LogP contribution is 2.30. The average molecular weight is 324 g/mol. The summed E-state index contributed by atoms with van der Waals surface area (Å²) in [5.41, 5.74) is -1.64. The SMILES string of the molecule is C=CCC(CC=C)(OCC1CCCC(O)C1)C(=O)OC(C)(C)C. The minimum Gasteiger partial charge on any atom is -0.458 e. The van der Waals surface area contributed by atoms with E-state index in [2.05, 4.69) is 13.2 Å². The lowest BCUT2D eigenvalue weighted by Crippen LogP contribution is -2.46. The number of aliphatic hydroxyl groups is 1. The van der Waals surface area contributed by atoms with Crippen LogP contribution in [0.25, 0.3) is 0 Å². The van der Waals surface area contributed by atoms with Crippen LogP contribution in [0, 0.1) is 5.92 Å². The van der Waals surface area contributed by atoms with Crippen molar-refractivity contribution in [1.29, 1.82) is 0 Å². The molecule has 1 fully saturated rings. The molecule has 23 heavy (non-hydrogen) atoms. The van der Waals surface area contributed by atoms with Gasteiger partial charge in [0.1, 0.15) is 5.60 Å². The summed E-state index contributed by atoms with van der Waals surface area (Å²) in [6.07, 6.45) is 7.46. The highest BCUT2D eigenvalue weighted by Gasteiger charge is 2.41. The van der Waals surface area contributed by atoms with Crippen molar-refractivity contribution in [2.24, 2.45) is 5.92 Å². The maximum absolute atomic E-state index is 12.7. The van der Waals surface area contributed by atoms with Gasteiger partial charge in [0.05, 0.1) is 12.7 Å². The van der Waals surface area contributed by atoms with Gasteiger partial charge in [-0.25, -0.2) is 4.79 Å². The Labute approximate surface area is 140 Å². The molecule has 132 valence electrons. The van der Waals surface area contributed by atoms with Gasteiger partial charge in [0.25, 0.3) is 0 Å². The second kappa shape index (κ2) is 8.65. The predicted octanol–water partition coefficient (Wildman–Crippen LogP) is 3.79. The molecule has 0 saturated heterocycles. The quantitative estimate of drug-likeness (QED) is 0.545. The zero-order chi connectivity index (χ0) is 17.5. The van der Waals surface area contributed by atoms with Crippen molar-refractivity contribution < 1.29 is 19.4 Å². The topological polar surface area (TPSA) is 55.8 Å². The molecule has 0 aromatic heterocycles. The van der Waals surface area contributed by atoms with Crippen LogP contribution >= 0.6 is 0 Å². The normalized spacial score (nSPS) is 22.4. The molecule has 1 N–H and O–H groups in total. The molecule has 0 spiro atoms. The van der Waals surface area contributed by atoms with Gasteiger partial charge in [0, 0.05) is 12.8 Å². The average Bonchev–Trinajstić information content (AvgIpc) is 2.43. The molecule has 1 aliphatic carbocycles.